The lowest BCUT2D eigenvalue weighted by Gasteiger charge is -2.07. The van der Waals surface area contributed by atoms with Gasteiger partial charge in [0.2, 0.25) is 0 Å². The van der Waals surface area contributed by atoms with Gasteiger partial charge in [-0.25, -0.2) is 9.59 Å². The minimum atomic E-state index is -0.522. The Balaban J connectivity index is 1.86. The molecule has 0 saturated carbocycles. The second-order valence-corrected chi connectivity index (χ2v) is 4.59. The number of ether oxygens (including phenoxy) is 3. The topological polar surface area (TPSA) is 61.8 Å². The highest BCUT2D eigenvalue weighted by atomic mass is 16.6. The summed E-state index contributed by atoms with van der Waals surface area (Å²) in [6.45, 7) is 1.78. The maximum atomic E-state index is 11.7. The molecule has 0 aromatic heterocycles. The van der Waals surface area contributed by atoms with Crippen LogP contribution in [-0.2, 0) is 9.53 Å². The number of carbonyl (C=O) groups is 2. The first-order valence-electron chi connectivity index (χ1n) is 6.67. The molecule has 2 aromatic rings. The molecule has 2 aromatic carbocycles. The minimum absolute atomic E-state index is 0.193. The van der Waals surface area contributed by atoms with Crippen molar-refractivity contribution in [2.75, 3.05) is 13.7 Å². The Hall–Kier alpha value is -2.82. The number of rotatable bonds is 5. The van der Waals surface area contributed by atoms with Crippen LogP contribution in [-0.4, -0.2) is 25.7 Å². The van der Waals surface area contributed by atoms with Crippen LogP contribution in [0.5, 0.6) is 11.5 Å². The van der Waals surface area contributed by atoms with Crippen molar-refractivity contribution in [3.05, 3.63) is 59.7 Å². The Labute approximate surface area is 128 Å². The van der Waals surface area contributed by atoms with Crippen LogP contribution in [0.4, 0.5) is 0 Å². The number of carbonyl (C=O) groups excluding carboxylic acids is 2. The van der Waals surface area contributed by atoms with Gasteiger partial charge < -0.3 is 14.2 Å². The predicted molar refractivity (Wildman–Crippen MR) is 80.1 cm³/mol. The second kappa shape index (κ2) is 7.26. The monoisotopic (exact) mass is 300 g/mol. The summed E-state index contributed by atoms with van der Waals surface area (Å²) < 4.78 is 15.0. The Morgan fingerprint density at radius 1 is 0.909 bits per heavy atom. The Morgan fingerprint density at radius 3 is 2.09 bits per heavy atom. The zero-order valence-electron chi connectivity index (χ0n) is 12.4. The van der Waals surface area contributed by atoms with Gasteiger partial charge in [-0.1, -0.05) is 17.7 Å². The first kappa shape index (κ1) is 15.6. The van der Waals surface area contributed by atoms with E-state index >= 15 is 0 Å². The van der Waals surface area contributed by atoms with E-state index < -0.39 is 11.9 Å². The van der Waals surface area contributed by atoms with Gasteiger partial charge in [0.15, 0.2) is 6.61 Å². The molecule has 0 fully saturated rings. The van der Waals surface area contributed by atoms with Crippen LogP contribution in [0.2, 0.25) is 0 Å². The second-order valence-electron chi connectivity index (χ2n) is 4.59. The molecule has 0 aliphatic rings. The number of esters is 2. The molecule has 5 heteroatoms. The summed E-state index contributed by atoms with van der Waals surface area (Å²) in [7, 11) is 1.30. The lowest BCUT2D eigenvalue weighted by atomic mass is 10.2. The minimum Gasteiger partial charge on any atom is -0.482 e. The summed E-state index contributed by atoms with van der Waals surface area (Å²) in [5.41, 5.74) is 1.50. The zero-order valence-corrected chi connectivity index (χ0v) is 12.4. The van der Waals surface area contributed by atoms with Crippen LogP contribution >= 0.6 is 0 Å². The van der Waals surface area contributed by atoms with Gasteiger partial charge in [-0.2, -0.15) is 0 Å². The third-order valence-electron chi connectivity index (χ3n) is 2.88. The van der Waals surface area contributed by atoms with Crippen LogP contribution < -0.4 is 9.47 Å². The molecule has 0 heterocycles. The average molecular weight is 300 g/mol. The molecular weight excluding hydrogens is 284 g/mol. The Bertz CT molecular complexity index is 644. The lowest BCUT2D eigenvalue weighted by molar-refractivity contribution is -0.136. The van der Waals surface area contributed by atoms with Crippen molar-refractivity contribution in [3.8, 4) is 11.5 Å². The van der Waals surface area contributed by atoms with Gasteiger partial charge in [-0.05, 0) is 43.3 Å². The van der Waals surface area contributed by atoms with Gasteiger partial charge in [0.1, 0.15) is 11.5 Å². The van der Waals surface area contributed by atoms with Crippen molar-refractivity contribution in [3.63, 3.8) is 0 Å². The van der Waals surface area contributed by atoms with E-state index in [1.54, 1.807) is 12.1 Å². The fourth-order valence-corrected chi connectivity index (χ4v) is 1.71. The summed E-state index contributed by atoms with van der Waals surface area (Å²) in [5, 5.41) is 0. The first-order chi connectivity index (χ1) is 10.6. The molecule has 0 atom stereocenters. The van der Waals surface area contributed by atoms with Gasteiger partial charge in [-0.3, -0.25) is 0 Å². The van der Waals surface area contributed by atoms with Gasteiger partial charge in [0, 0.05) is 0 Å². The van der Waals surface area contributed by atoms with Gasteiger partial charge in [0.25, 0.3) is 0 Å². The van der Waals surface area contributed by atoms with Crippen molar-refractivity contribution in [2.45, 2.75) is 6.92 Å². The van der Waals surface area contributed by atoms with E-state index in [0.29, 0.717) is 17.1 Å². The molecule has 0 aliphatic heterocycles. The smallest absolute Gasteiger partial charge is 0.349 e. The maximum Gasteiger partial charge on any atom is 0.349 e. The van der Waals surface area contributed by atoms with E-state index in [4.69, 9.17) is 9.47 Å². The van der Waals surface area contributed by atoms with Crippen LogP contribution in [0.1, 0.15) is 15.9 Å². The van der Waals surface area contributed by atoms with E-state index in [1.807, 2.05) is 19.1 Å². The fourth-order valence-electron chi connectivity index (χ4n) is 1.71. The lowest BCUT2D eigenvalue weighted by Crippen LogP contribution is -2.17. The standard InChI is InChI=1S/C17H16O5/c1-12-3-7-14(8-4-12)21-11-16(18)22-15-9-5-13(6-10-15)17(19)20-2/h3-10H,11H2,1-2H3. The molecule has 0 aliphatic carbocycles. The number of methoxy groups -OCH3 is 1. The predicted octanol–water partition coefficient (Wildman–Crippen LogP) is 2.77. The highest BCUT2D eigenvalue weighted by Crippen LogP contribution is 2.14. The molecule has 0 N–H and O–H groups in total. The fraction of sp³-hybridized carbons (Fsp3) is 0.176. The summed E-state index contributed by atoms with van der Waals surface area (Å²) in [4.78, 5) is 23.0. The van der Waals surface area contributed by atoms with E-state index in [2.05, 4.69) is 4.74 Å². The Morgan fingerprint density at radius 2 is 1.50 bits per heavy atom. The number of hydrogen-bond donors (Lipinski definition) is 0. The van der Waals surface area contributed by atoms with Crippen molar-refractivity contribution in [1.82, 2.24) is 0 Å². The number of hydrogen-bond acceptors (Lipinski definition) is 5. The quantitative estimate of drug-likeness (QED) is 0.627. The highest BCUT2D eigenvalue weighted by Gasteiger charge is 2.08. The average Bonchev–Trinajstić information content (AvgIpc) is 2.54. The van der Waals surface area contributed by atoms with Gasteiger partial charge in [-0.15, -0.1) is 0 Å². The van der Waals surface area contributed by atoms with Crippen molar-refractivity contribution in [2.24, 2.45) is 0 Å². The molecule has 0 radical (unpaired) electrons. The molecule has 0 amide bonds. The van der Waals surface area contributed by atoms with E-state index in [1.165, 1.54) is 31.4 Å². The van der Waals surface area contributed by atoms with Gasteiger partial charge in [0.05, 0.1) is 12.7 Å². The van der Waals surface area contributed by atoms with Crippen molar-refractivity contribution in [1.29, 1.82) is 0 Å². The van der Waals surface area contributed by atoms with Crippen molar-refractivity contribution < 1.29 is 23.8 Å². The van der Waals surface area contributed by atoms with Crippen molar-refractivity contribution >= 4 is 11.9 Å². The third kappa shape index (κ3) is 4.34. The van der Waals surface area contributed by atoms with E-state index in [0.717, 1.165) is 5.56 Å². The molecule has 0 saturated heterocycles. The molecule has 2 rings (SSSR count). The molecule has 22 heavy (non-hydrogen) atoms. The van der Waals surface area contributed by atoms with E-state index in [-0.39, 0.29) is 6.61 Å². The molecule has 5 nitrogen and oxygen atoms in total. The molecule has 0 spiro atoms. The highest BCUT2D eigenvalue weighted by molar-refractivity contribution is 5.89. The third-order valence-corrected chi connectivity index (χ3v) is 2.88. The van der Waals surface area contributed by atoms with Crippen LogP contribution in [0.3, 0.4) is 0 Å². The zero-order chi connectivity index (χ0) is 15.9. The summed E-state index contributed by atoms with van der Waals surface area (Å²) in [6, 6.07) is 13.5. The number of aryl methyl sites for hydroxylation is 1. The normalized spacial score (nSPS) is 9.91. The summed E-state index contributed by atoms with van der Waals surface area (Å²) >= 11 is 0. The van der Waals surface area contributed by atoms with Gasteiger partial charge >= 0.3 is 11.9 Å². The first-order valence-corrected chi connectivity index (χ1v) is 6.67. The summed E-state index contributed by atoms with van der Waals surface area (Å²) in [6.07, 6.45) is 0. The maximum absolute atomic E-state index is 11.7. The molecule has 0 bridgehead atoms. The van der Waals surface area contributed by atoms with E-state index in [9.17, 15) is 9.59 Å². The Kier molecular flexibility index (Phi) is 5.14. The van der Waals surface area contributed by atoms with Crippen LogP contribution in [0.15, 0.2) is 48.5 Å². The molecular formula is C17H16O5. The SMILES string of the molecule is COC(=O)c1ccc(OC(=O)COc2ccc(C)cc2)cc1. The van der Waals surface area contributed by atoms with Crippen LogP contribution in [0, 0.1) is 6.92 Å². The molecule has 114 valence electrons. The van der Waals surface area contributed by atoms with Crippen LogP contribution in [0.25, 0.3) is 0 Å². The molecule has 0 unspecified atom stereocenters. The largest absolute Gasteiger partial charge is 0.482 e. The number of benzene rings is 2. The summed E-state index contributed by atoms with van der Waals surface area (Å²) in [5.74, 6) is -0.0271.